The van der Waals surface area contributed by atoms with E-state index in [-0.39, 0.29) is 6.61 Å². The number of aliphatic hydroxyl groups excluding tert-OH is 3. The van der Waals surface area contributed by atoms with Crippen LogP contribution in [0.15, 0.2) is 15.8 Å². The topological polar surface area (TPSA) is 116 Å². The predicted molar refractivity (Wildman–Crippen MR) is 65.6 cm³/mol. The fourth-order valence-electron chi connectivity index (χ4n) is 1.88. The Kier molecular flexibility index (Phi) is 3.62. The van der Waals surface area contributed by atoms with Crippen LogP contribution in [0.4, 0.5) is 0 Å². The third-order valence-electron chi connectivity index (χ3n) is 2.94. The minimum absolute atomic E-state index is 0.295. The molecule has 4 atom stereocenters. The van der Waals surface area contributed by atoms with Crippen LogP contribution in [0, 0.1) is 6.92 Å². The number of aryl methyl sites for hydroxylation is 1. The van der Waals surface area contributed by atoms with E-state index < -0.39 is 34.1 Å². The van der Waals surface area contributed by atoms with Crippen LogP contribution in [0.25, 0.3) is 0 Å². The number of aliphatic hydroxyl groups is 3. The van der Waals surface area contributed by atoms with E-state index in [0.29, 0.717) is 5.56 Å². The van der Waals surface area contributed by atoms with Crippen LogP contribution in [0.2, 0.25) is 0 Å². The summed E-state index contributed by atoms with van der Waals surface area (Å²) in [7, 11) is 0. The molecular formula is C10H14N2O5S. The summed E-state index contributed by atoms with van der Waals surface area (Å²) in [6.45, 7) is 1.25. The lowest BCUT2D eigenvalue weighted by Crippen LogP contribution is -2.38. The van der Waals surface area contributed by atoms with Crippen molar-refractivity contribution in [3.63, 3.8) is 0 Å². The number of nitrogens with zero attached hydrogens (tertiary/aromatic N) is 1. The molecule has 2 heterocycles. The van der Waals surface area contributed by atoms with Gasteiger partial charge in [0.2, 0.25) is 0 Å². The highest BCUT2D eigenvalue weighted by atomic mass is 32.2. The van der Waals surface area contributed by atoms with Crippen molar-refractivity contribution < 1.29 is 15.3 Å². The Balaban J connectivity index is 2.42. The SMILES string of the molecule is Cc1cn([C@H]2S[C@H](CO)C(O)C2O)c(=O)[nH]c1=O. The minimum Gasteiger partial charge on any atom is -0.395 e. The zero-order valence-electron chi connectivity index (χ0n) is 9.61. The van der Waals surface area contributed by atoms with Gasteiger partial charge in [-0.1, -0.05) is 0 Å². The summed E-state index contributed by atoms with van der Waals surface area (Å²) in [4.78, 5) is 25.0. The summed E-state index contributed by atoms with van der Waals surface area (Å²) in [5, 5.41) is 27.3. The highest BCUT2D eigenvalue weighted by Crippen LogP contribution is 2.40. The molecule has 1 aliphatic heterocycles. The third kappa shape index (κ3) is 2.12. The maximum atomic E-state index is 11.7. The van der Waals surface area contributed by atoms with E-state index in [9.17, 15) is 19.8 Å². The number of thioether (sulfide) groups is 1. The molecule has 1 aromatic rings. The predicted octanol–water partition coefficient (Wildman–Crippen LogP) is -1.83. The summed E-state index contributed by atoms with van der Waals surface area (Å²) in [5.41, 5.74) is -0.787. The monoisotopic (exact) mass is 274 g/mol. The zero-order chi connectivity index (χ0) is 13.4. The molecule has 0 aromatic carbocycles. The Hall–Kier alpha value is -1.09. The quantitative estimate of drug-likeness (QED) is 0.504. The van der Waals surface area contributed by atoms with Crippen LogP contribution in [0.5, 0.6) is 0 Å². The summed E-state index contributed by atoms with van der Waals surface area (Å²) < 4.78 is 1.17. The van der Waals surface area contributed by atoms with Gasteiger partial charge >= 0.3 is 5.69 Å². The van der Waals surface area contributed by atoms with E-state index in [1.807, 2.05) is 0 Å². The fraction of sp³-hybridized carbons (Fsp3) is 0.600. The van der Waals surface area contributed by atoms with E-state index in [1.54, 1.807) is 6.92 Å². The normalized spacial score (nSPS) is 31.8. The van der Waals surface area contributed by atoms with Crippen molar-refractivity contribution >= 4 is 11.8 Å². The van der Waals surface area contributed by atoms with Gasteiger partial charge in [0.05, 0.1) is 18.0 Å². The third-order valence-corrected chi connectivity index (χ3v) is 4.50. The molecule has 0 radical (unpaired) electrons. The van der Waals surface area contributed by atoms with E-state index in [4.69, 9.17) is 5.11 Å². The molecule has 0 saturated carbocycles. The molecule has 1 fully saturated rings. The first-order valence-corrected chi connectivity index (χ1v) is 6.34. The first-order chi connectivity index (χ1) is 8.45. The number of nitrogens with one attached hydrogen (secondary N) is 1. The number of hydrogen-bond donors (Lipinski definition) is 4. The second kappa shape index (κ2) is 4.88. The molecule has 0 bridgehead atoms. The number of aromatic nitrogens is 2. The Labute approximate surface area is 106 Å². The molecule has 0 amide bonds. The molecule has 0 spiro atoms. The molecule has 1 saturated heterocycles. The second-order valence-corrected chi connectivity index (χ2v) is 5.57. The average molecular weight is 274 g/mol. The Morgan fingerprint density at radius 2 is 2.06 bits per heavy atom. The first-order valence-electron chi connectivity index (χ1n) is 5.40. The number of aromatic amines is 1. The van der Waals surface area contributed by atoms with Crippen molar-refractivity contribution in [3.8, 4) is 0 Å². The number of rotatable bonds is 2. The smallest absolute Gasteiger partial charge is 0.329 e. The van der Waals surface area contributed by atoms with Crippen LogP contribution in [0.1, 0.15) is 10.9 Å². The highest BCUT2D eigenvalue weighted by molar-refractivity contribution is 8.00. The van der Waals surface area contributed by atoms with E-state index in [1.165, 1.54) is 10.8 Å². The molecule has 7 nitrogen and oxygen atoms in total. The van der Waals surface area contributed by atoms with Gasteiger partial charge in [-0.05, 0) is 6.92 Å². The molecule has 100 valence electrons. The maximum Gasteiger partial charge on any atom is 0.329 e. The second-order valence-electron chi connectivity index (χ2n) is 4.21. The molecule has 2 unspecified atom stereocenters. The number of H-pyrrole nitrogens is 1. The molecule has 0 aliphatic carbocycles. The van der Waals surface area contributed by atoms with Gasteiger partial charge < -0.3 is 15.3 Å². The Bertz CT molecular complexity index is 554. The molecule has 1 aromatic heterocycles. The summed E-state index contributed by atoms with van der Waals surface area (Å²) in [5.74, 6) is 0. The Morgan fingerprint density at radius 3 is 2.61 bits per heavy atom. The summed E-state index contributed by atoms with van der Waals surface area (Å²) in [6, 6.07) is 0. The van der Waals surface area contributed by atoms with Crippen molar-refractivity contribution in [1.29, 1.82) is 0 Å². The van der Waals surface area contributed by atoms with Crippen LogP contribution >= 0.6 is 11.8 Å². The molecule has 8 heteroatoms. The van der Waals surface area contributed by atoms with Crippen LogP contribution in [-0.4, -0.2) is 48.9 Å². The van der Waals surface area contributed by atoms with E-state index in [0.717, 1.165) is 11.8 Å². The van der Waals surface area contributed by atoms with Gasteiger partial charge in [-0.25, -0.2) is 4.79 Å². The molecular weight excluding hydrogens is 260 g/mol. The van der Waals surface area contributed by atoms with Crippen molar-refractivity contribution in [2.45, 2.75) is 29.8 Å². The molecule has 1 aliphatic rings. The van der Waals surface area contributed by atoms with Crippen molar-refractivity contribution in [1.82, 2.24) is 9.55 Å². The lowest BCUT2D eigenvalue weighted by molar-refractivity contribution is 0.0101. The van der Waals surface area contributed by atoms with Gasteiger partial charge in [0.25, 0.3) is 5.56 Å². The fourth-order valence-corrected chi connectivity index (χ4v) is 3.26. The summed E-state index contributed by atoms with van der Waals surface area (Å²) >= 11 is 1.10. The van der Waals surface area contributed by atoms with Gasteiger partial charge in [-0.2, -0.15) is 0 Å². The van der Waals surface area contributed by atoms with Gasteiger partial charge in [0, 0.05) is 11.8 Å². The summed E-state index contributed by atoms with van der Waals surface area (Å²) in [6.07, 6.45) is -0.937. The average Bonchev–Trinajstić information content (AvgIpc) is 2.61. The van der Waals surface area contributed by atoms with Crippen molar-refractivity contribution in [2.75, 3.05) is 6.61 Å². The van der Waals surface area contributed by atoms with E-state index in [2.05, 4.69) is 4.98 Å². The number of hydrogen-bond acceptors (Lipinski definition) is 6. The largest absolute Gasteiger partial charge is 0.395 e. The van der Waals surface area contributed by atoms with Crippen LogP contribution in [-0.2, 0) is 0 Å². The van der Waals surface area contributed by atoms with E-state index >= 15 is 0 Å². The Morgan fingerprint density at radius 1 is 1.39 bits per heavy atom. The zero-order valence-corrected chi connectivity index (χ0v) is 10.4. The molecule has 18 heavy (non-hydrogen) atoms. The lowest BCUT2D eigenvalue weighted by Gasteiger charge is -2.17. The van der Waals surface area contributed by atoms with Gasteiger partial charge in [-0.15, -0.1) is 11.8 Å². The maximum absolute atomic E-state index is 11.7. The van der Waals surface area contributed by atoms with Crippen LogP contribution in [0.3, 0.4) is 0 Å². The van der Waals surface area contributed by atoms with Crippen LogP contribution < -0.4 is 11.2 Å². The van der Waals surface area contributed by atoms with Gasteiger partial charge in [0.15, 0.2) is 0 Å². The molecule has 2 rings (SSSR count). The molecule has 4 N–H and O–H groups in total. The highest BCUT2D eigenvalue weighted by Gasteiger charge is 2.43. The van der Waals surface area contributed by atoms with Crippen molar-refractivity contribution in [2.24, 2.45) is 0 Å². The van der Waals surface area contributed by atoms with Gasteiger partial charge in [0.1, 0.15) is 11.5 Å². The minimum atomic E-state index is -1.17. The standard InChI is InChI=1S/C10H14N2O5S/c1-4-2-12(10(17)11-8(4)16)9-7(15)6(14)5(3-13)18-9/h2,5-7,9,13-15H,3H2,1H3,(H,11,16,17)/t5-,6?,7?,9+/m1/s1. The van der Waals surface area contributed by atoms with Gasteiger partial charge in [-0.3, -0.25) is 14.3 Å². The van der Waals surface area contributed by atoms with Crippen molar-refractivity contribution in [3.05, 3.63) is 32.6 Å². The first kappa shape index (κ1) is 13.3. The lowest BCUT2D eigenvalue weighted by atomic mass is 10.1.